The number of halogens is 4. The van der Waals surface area contributed by atoms with Crippen LogP contribution in [0.1, 0.15) is 36.9 Å². The van der Waals surface area contributed by atoms with E-state index in [1.807, 2.05) is 6.92 Å². The van der Waals surface area contributed by atoms with Gasteiger partial charge in [0, 0.05) is 10.5 Å². The molecule has 0 saturated heterocycles. The summed E-state index contributed by atoms with van der Waals surface area (Å²) in [5, 5.41) is 0. The summed E-state index contributed by atoms with van der Waals surface area (Å²) >= 11 is 2.89. The summed E-state index contributed by atoms with van der Waals surface area (Å²) in [5.74, 6) is 0. The Kier molecular flexibility index (Phi) is 4.38. The molecule has 0 bridgehead atoms. The molecule has 0 aliphatic rings. The Bertz CT molecular complexity index is 363. The number of rotatable bonds is 3. The number of hydrogen-bond acceptors (Lipinski definition) is 1. The molecule has 0 radical (unpaired) electrons. The van der Waals surface area contributed by atoms with Crippen LogP contribution in [0.15, 0.2) is 22.7 Å². The fourth-order valence-corrected chi connectivity index (χ4v) is 1.94. The van der Waals surface area contributed by atoms with Crippen LogP contribution in [0.2, 0.25) is 0 Å². The van der Waals surface area contributed by atoms with E-state index < -0.39 is 11.7 Å². The lowest BCUT2D eigenvalue weighted by Gasteiger charge is -2.15. The van der Waals surface area contributed by atoms with E-state index in [0.29, 0.717) is 12.0 Å². The van der Waals surface area contributed by atoms with Gasteiger partial charge >= 0.3 is 6.18 Å². The Labute approximate surface area is 101 Å². The molecular weight excluding hydrogens is 283 g/mol. The standard InChI is InChI=1S/C11H13BrF3N/c1-2-3-10(16)7-4-5-9(12)8(6-7)11(13,14)15/h4-6,10H,2-3,16H2,1H3. The van der Waals surface area contributed by atoms with Gasteiger partial charge < -0.3 is 5.73 Å². The van der Waals surface area contributed by atoms with Crippen molar-refractivity contribution in [3.63, 3.8) is 0 Å². The van der Waals surface area contributed by atoms with E-state index in [4.69, 9.17) is 5.73 Å². The van der Waals surface area contributed by atoms with Crippen LogP contribution >= 0.6 is 15.9 Å². The molecule has 1 aromatic carbocycles. The average Bonchev–Trinajstić information content (AvgIpc) is 2.16. The van der Waals surface area contributed by atoms with Crippen LogP contribution < -0.4 is 5.73 Å². The summed E-state index contributed by atoms with van der Waals surface area (Å²) < 4.78 is 37.9. The molecule has 0 aliphatic carbocycles. The maximum Gasteiger partial charge on any atom is 0.417 e. The van der Waals surface area contributed by atoms with Crippen LogP contribution in [0.5, 0.6) is 0 Å². The van der Waals surface area contributed by atoms with Crippen LogP contribution in [0.3, 0.4) is 0 Å². The zero-order valence-electron chi connectivity index (χ0n) is 8.81. The molecule has 2 N–H and O–H groups in total. The summed E-state index contributed by atoms with van der Waals surface area (Å²) in [7, 11) is 0. The molecule has 1 atom stereocenters. The van der Waals surface area contributed by atoms with E-state index in [1.165, 1.54) is 6.07 Å². The van der Waals surface area contributed by atoms with E-state index in [0.717, 1.165) is 12.5 Å². The van der Waals surface area contributed by atoms with Crippen molar-refractivity contribution < 1.29 is 13.2 Å². The Balaban J connectivity index is 3.07. The Hall–Kier alpha value is -0.550. The third-order valence-electron chi connectivity index (χ3n) is 2.32. The third-order valence-corrected chi connectivity index (χ3v) is 3.02. The van der Waals surface area contributed by atoms with E-state index in [1.54, 1.807) is 6.07 Å². The van der Waals surface area contributed by atoms with Crippen molar-refractivity contribution in [1.82, 2.24) is 0 Å². The van der Waals surface area contributed by atoms with Crippen molar-refractivity contribution in [2.75, 3.05) is 0 Å². The first-order valence-electron chi connectivity index (χ1n) is 4.98. The molecule has 0 spiro atoms. The third kappa shape index (κ3) is 3.22. The number of nitrogens with two attached hydrogens (primary N) is 1. The monoisotopic (exact) mass is 295 g/mol. The van der Waals surface area contributed by atoms with Gasteiger partial charge in [-0.1, -0.05) is 35.3 Å². The lowest BCUT2D eigenvalue weighted by atomic mass is 10.0. The largest absolute Gasteiger partial charge is 0.417 e. The maximum atomic E-state index is 12.6. The van der Waals surface area contributed by atoms with Crippen LogP contribution in [0.4, 0.5) is 13.2 Å². The molecule has 1 aromatic rings. The van der Waals surface area contributed by atoms with Crippen molar-refractivity contribution in [2.45, 2.75) is 32.0 Å². The fourth-order valence-electron chi connectivity index (χ4n) is 1.47. The van der Waals surface area contributed by atoms with Crippen LogP contribution in [0, 0.1) is 0 Å². The Morgan fingerprint density at radius 3 is 2.50 bits per heavy atom. The molecule has 16 heavy (non-hydrogen) atoms. The molecule has 0 fully saturated rings. The minimum Gasteiger partial charge on any atom is -0.324 e. The van der Waals surface area contributed by atoms with Crippen molar-refractivity contribution in [3.8, 4) is 0 Å². The second-order valence-electron chi connectivity index (χ2n) is 3.63. The Morgan fingerprint density at radius 2 is 2.00 bits per heavy atom. The topological polar surface area (TPSA) is 26.0 Å². The number of hydrogen-bond donors (Lipinski definition) is 1. The highest BCUT2D eigenvalue weighted by molar-refractivity contribution is 9.10. The zero-order chi connectivity index (χ0) is 12.3. The molecule has 0 saturated carbocycles. The van der Waals surface area contributed by atoms with Gasteiger partial charge in [0.2, 0.25) is 0 Å². The van der Waals surface area contributed by atoms with Crippen molar-refractivity contribution >= 4 is 15.9 Å². The van der Waals surface area contributed by atoms with Crippen LogP contribution in [0.25, 0.3) is 0 Å². The molecule has 0 heterocycles. The fraction of sp³-hybridized carbons (Fsp3) is 0.455. The average molecular weight is 296 g/mol. The minimum absolute atomic E-state index is 0.0486. The lowest BCUT2D eigenvalue weighted by Crippen LogP contribution is -2.12. The molecule has 1 unspecified atom stereocenters. The van der Waals surface area contributed by atoms with E-state index >= 15 is 0 Å². The van der Waals surface area contributed by atoms with Gasteiger partial charge in [0.15, 0.2) is 0 Å². The highest BCUT2D eigenvalue weighted by Crippen LogP contribution is 2.36. The molecule has 1 rings (SSSR count). The second-order valence-corrected chi connectivity index (χ2v) is 4.49. The molecule has 0 aromatic heterocycles. The minimum atomic E-state index is -4.35. The van der Waals surface area contributed by atoms with Gasteiger partial charge in [-0.3, -0.25) is 0 Å². The molecular formula is C11H13BrF3N. The van der Waals surface area contributed by atoms with Crippen molar-refractivity contribution in [2.24, 2.45) is 5.73 Å². The summed E-state index contributed by atoms with van der Waals surface area (Å²) in [6, 6.07) is 3.80. The van der Waals surface area contributed by atoms with Crippen LogP contribution in [-0.2, 0) is 6.18 Å². The predicted molar refractivity (Wildman–Crippen MR) is 61.0 cm³/mol. The van der Waals surface area contributed by atoms with Gasteiger partial charge in [0.05, 0.1) is 5.56 Å². The number of alkyl halides is 3. The van der Waals surface area contributed by atoms with Gasteiger partial charge in [-0.2, -0.15) is 13.2 Å². The van der Waals surface area contributed by atoms with Gasteiger partial charge in [0.25, 0.3) is 0 Å². The Morgan fingerprint density at radius 1 is 1.38 bits per heavy atom. The molecule has 5 heteroatoms. The van der Waals surface area contributed by atoms with Gasteiger partial charge in [0.1, 0.15) is 0 Å². The first-order valence-corrected chi connectivity index (χ1v) is 5.77. The normalized spacial score (nSPS) is 13.9. The van der Waals surface area contributed by atoms with Crippen LogP contribution in [-0.4, -0.2) is 0 Å². The summed E-state index contributed by atoms with van der Waals surface area (Å²) in [4.78, 5) is 0. The van der Waals surface area contributed by atoms with E-state index in [-0.39, 0.29) is 10.5 Å². The SMILES string of the molecule is CCCC(N)c1ccc(Br)c(C(F)(F)F)c1. The molecule has 0 aliphatic heterocycles. The predicted octanol–water partition coefficient (Wildman–Crippen LogP) is 4.27. The number of benzene rings is 1. The van der Waals surface area contributed by atoms with Crippen molar-refractivity contribution in [1.29, 1.82) is 0 Å². The van der Waals surface area contributed by atoms with E-state index in [9.17, 15) is 13.2 Å². The first-order chi connectivity index (χ1) is 7.36. The lowest BCUT2D eigenvalue weighted by molar-refractivity contribution is -0.138. The van der Waals surface area contributed by atoms with Gasteiger partial charge in [-0.15, -0.1) is 0 Å². The van der Waals surface area contributed by atoms with Gasteiger partial charge in [-0.25, -0.2) is 0 Å². The summed E-state index contributed by atoms with van der Waals surface area (Å²) in [6.45, 7) is 1.95. The highest BCUT2D eigenvalue weighted by Gasteiger charge is 2.33. The molecule has 0 amide bonds. The second kappa shape index (κ2) is 5.19. The summed E-state index contributed by atoms with van der Waals surface area (Å²) in [5.41, 5.74) is 5.64. The first kappa shape index (κ1) is 13.5. The quantitative estimate of drug-likeness (QED) is 0.885. The highest BCUT2D eigenvalue weighted by atomic mass is 79.9. The smallest absolute Gasteiger partial charge is 0.324 e. The molecule has 90 valence electrons. The summed E-state index contributed by atoms with van der Waals surface area (Å²) in [6.07, 6.45) is -2.82. The van der Waals surface area contributed by atoms with Gasteiger partial charge in [-0.05, 0) is 24.1 Å². The maximum absolute atomic E-state index is 12.6. The zero-order valence-corrected chi connectivity index (χ0v) is 10.4. The molecule has 1 nitrogen and oxygen atoms in total. The van der Waals surface area contributed by atoms with Crippen molar-refractivity contribution in [3.05, 3.63) is 33.8 Å². The van der Waals surface area contributed by atoms with E-state index in [2.05, 4.69) is 15.9 Å².